The Balaban J connectivity index is 1.34. The molecule has 2 fully saturated rings. The van der Waals surface area contributed by atoms with Gasteiger partial charge >= 0.3 is 0 Å². The van der Waals surface area contributed by atoms with Gasteiger partial charge in [-0.1, -0.05) is 0 Å². The Labute approximate surface area is 182 Å². The van der Waals surface area contributed by atoms with E-state index >= 15 is 0 Å². The maximum atomic E-state index is 13.1. The molecule has 2 aromatic rings. The summed E-state index contributed by atoms with van der Waals surface area (Å²) in [5.41, 5.74) is 1.67. The maximum Gasteiger partial charge on any atom is 0.251 e. The zero-order chi connectivity index (χ0) is 21.8. The summed E-state index contributed by atoms with van der Waals surface area (Å²) in [5, 5.41) is 3.56. The van der Waals surface area contributed by atoms with Crippen molar-refractivity contribution in [1.82, 2.24) is 4.90 Å². The lowest BCUT2D eigenvalue weighted by molar-refractivity contribution is -0.123. The number of rotatable bonds is 7. The number of methoxy groups -OCH3 is 1. The molecule has 2 heterocycles. The van der Waals surface area contributed by atoms with Crippen LogP contribution in [0, 0.1) is 0 Å². The van der Waals surface area contributed by atoms with Gasteiger partial charge in [-0.25, -0.2) is 4.90 Å². The summed E-state index contributed by atoms with van der Waals surface area (Å²) >= 11 is 0. The maximum absolute atomic E-state index is 13.1. The van der Waals surface area contributed by atoms with Crippen LogP contribution in [-0.4, -0.2) is 55.6 Å². The minimum Gasteiger partial charge on any atom is -0.497 e. The van der Waals surface area contributed by atoms with E-state index in [0.717, 1.165) is 43.1 Å². The number of nitrogens with zero attached hydrogens (tertiary/aromatic N) is 2. The lowest BCUT2D eigenvalue weighted by Gasteiger charge is -2.35. The van der Waals surface area contributed by atoms with E-state index in [9.17, 15) is 9.59 Å². The smallest absolute Gasteiger partial charge is 0.251 e. The van der Waals surface area contributed by atoms with Gasteiger partial charge in [-0.2, -0.15) is 0 Å². The second kappa shape index (κ2) is 9.39. The molecule has 31 heavy (non-hydrogen) atoms. The van der Waals surface area contributed by atoms with E-state index in [0.29, 0.717) is 18.3 Å². The number of carbonyl (C=O) groups is 2. The van der Waals surface area contributed by atoms with Crippen molar-refractivity contribution in [1.29, 1.82) is 0 Å². The number of ether oxygens (including phenoxy) is 2. The van der Waals surface area contributed by atoms with Crippen molar-refractivity contribution in [3.8, 4) is 11.5 Å². The van der Waals surface area contributed by atoms with E-state index in [1.165, 1.54) is 4.90 Å². The molecule has 1 N–H and O–H groups in total. The first-order valence-corrected chi connectivity index (χ1v) is 10.8. The van der Waals surface area contributed by atoms with Crippen LogP contribution in [0.2, 0.25) is 0 Å². The van der Waals surface area contributed by atoms with Crippen LogP contribution in [-0.2, 0) is 9.59 Å². The van der Waals surface area contributed by atoms with Gasteiger partial charge in [0.1, 0.15) is 11.5 Å². The molecule has 0 aromatic heterocycles. The fourth-order valence-electron chi connectivity index (χ4n) is 4.31. The highest BCUT2D eigenvalue weighted by Gasteiger charge is 2.43. The summed E-state index contributed by atoms with van der Waals surface area (Å²) in [6.07, 6.45) is 2.09. The summed E-state index contributed by atoms with van der Waals surface area (Å²) in [7, 11) is 1.66. The Morgan fingerprint density at radius 1 is 0.968 bits per heavy atom. The number of piperidine rings is 1. The molecule has 0 spiro atoms. The summed E-state index contributed by atoms with van der Waals surface area (Å²) in [6.45, 7) is 4.07. The molecule has 0 bridgehead atoms. The lowest BCUT2D eigenvalue weighted by atomic mass is 10.0. The molecule has 2 amide bonds. The van der Waals surface area contributed by atoms with Crippen molar-refractivity contribution in [3.63, 3.8) is 0 Å². The number of amides is 2. The van der Waals surface area contributed by atoms with Crippen LogP contribution in [0.1, 0.15) is 26.2 Å². The number of carbonyl (C=O) groups excluding carboxylic acids is 2. The fourth-order valence-corrected chi connectivity index (χ4v) is 4.31. The average molecular weight is 424 g/mol. The monoisotopic (exact) mass is 423 g/mol. The van der Waals surface area contributed by atoms with Crippen LogP contribution in [0.3, 0.4) is 0 Å². The van der Waals surface area contributed by atoms with Crippen molar-refractivity contribution >= 4 is 23.2 Å². The van der Waals surface area contributed by atoms with Gasteiger partial charge in [0.05, 0.1) is 31.9 Å². The first-order valence-electron chi connectivity index (χ1n) is 10.8. The highest BCUT2D eigenvalue weighted by Crippen LogP contribution is 2.29. The molecule has 4 rings (SSSR count). The van der Waals surface area contributed by atoms with E-state index in [1.54, 1.807) is 31.4 Å². The molecule has 0 saturated carbocycles. The normalized spacial score (nSPS) is 20.2. The number of benzene rings is 2. The third-order valence-electron chi connectivity index (χ3n) is 5.96. The summed E-state index contributed by atoms with van der Waals surface area (Å²) in [4.78, 5) is 29.2. The third kappa shape index (κ3) is 4.66. The highest BCUT2D eigenvalue weighted by atomic mass is 16.5. The lowest BCUT2D eigenvalue weighted by Crippen LogP contribution is -2.48. The minimum atomic E-state index is -0.374. The van der Waals surface area contributed by atoms with E-state index in [1.807, 2.05) is 31.2 Å². The number of hydrogen-bond acceptors (Lipinski definition) is 6. The molecular formula is C24H29N3O4. The fraction of sp³-hybridized carbons (Fsp3) is 0.417. The molecule has 7 nitrogen and oxygen atoms in total. The van der Waals surface area contributed by atoms with Crippen LogP contribution in [0.4, 0.5) is 11.4 Å². The highest BCUT2D eigenvalue weighted by molar-refractivity contribution is 6.22. The topological polar surface area (TPSA) is 71.1 Å². The van der Waals surface area contributed by atoms with E-state index < -0.39 is 0 Å². The van der Waals surface area contributed by atoms with Gasteiger partial charge in [-0.15, -0.1) is 0 Å². The molecule has 7 heteroatoms. The zero-order valence-corrected chi connectivity index (χ0v) is 18.0. The Bertz CT molecular complexity index is 905. The van der Waals surface area contributed by atoms with Gasteiger partial charge in [-0.3, -0.25) is 14.5 Å². The summed E-state index contributed by atoms with van der Waals surface area (Å²) in [6, 6.07) is 15.0. The molecule has 1 atom stereocenters. The average Bonchev–Trinajstić information content (AvgIpc) is 3.09. The number of likely N-dealkylation sites (tertiary alicyclic amines) is 1. The van der Waals surface area contributed by atoms with Gasteiger partial charge in [-0.05, 0) is 68.3 Å². The molecule has 2 aromatic carbocycles. The molecule has 0 radical (unpaired) electrons. The van der Waals surface area contributed by atoms with Crippen LogP contribution >= 0.6 is 0 Å². The van der Waals surface area contributed by atoms with Crippen LogP contribution in [0.25, 0.3) is 0 Å². The van der Waals surface area contributed by atoms with Crippen LogP contribution in [0.15, 0.2) is 48.5 Å². The van der Waals surface area contributed by atoms with Crippen LogP contribution in [0.5, 0.6) is 11.5 Å². The Morgan fingerprint density at radius 2 is 1.61 bits per heavy atom. The quantitative estimate of drug-likeness (QED) is 0.689. The van der Waals surface area contributed by atoms with Crippen molar-refractivity contribution in [3.05, 3.63) is 48.5 Å². The Hall–Kier alpha value is -3.06. The molecule has 0 aliphatic carbocycles. The molecule has 2 aliphatic rings. The molecule has 1 unspecified atom stereocenters. The van der Waals surface area contributed by atoms with Crippen molar-refractivity contribution < 1.29 is 19.1 Å². The number of hydrogen-bond donors (Lipinski definition) is 1. The third-order valence-corrected chi connectivity index (χ3v) is 5.96. The Kier molecular flexibility index (Phi) is 6.42. The number of imide groups is 1. The number of anilines is 2. The summed E-state index contributed by atoms with van der Waals surface area (Å²) < 4.78 is 10.7. The second-order valence-corrected chi connectivity index (χ2v) is 7.90. The minimum absolute atomic E-state index is 0.129. The first-order chi connectivity index (χ1) is 15.1. The van der Waals surface area contributed by atoms with Gasteiger partial charge in [0.15, 0.2) is 0 Å². The standard InChI is InChI=1S/C24H29N3O4/c1-3-31-21-10-6-19(7-11-21)27-23(28)16-22(24(27)29)26-14-12-18(13-15-26)25-17-4-8-20(30-2)9-5-17/h4-11,18,22,25H,3,12-16H2,1-2H3. The summed E-state index contributed by atoms with van der Waals surface area (Å²) in [5.74, 6) is 1.29. The van der Waals surface area contributed by atoms with Gasteiger partial charge in [0, 0.05) is 24.8 Å². The van der Waals surface area contributed by atoms with Gasteiger partial charge in [0.25, 0.3) is 5.91 Å². The zero-order valence-electron chi connectivity index (χ0n) is 18.0. The number of nitrogens with one attached hydrogen (secondary N) is 1. The Morgan fingerprint density at radius 3 is 2.23 bits per heavy atom. The predicted octanol–water partition coefficient (Wildman–Crippen LogP) is 3.30. The van der Waals surface area contributed by atoms with Gasteiger partial charge in [0.2, 0.25) is 5.91 Å². The van der Waals surface area contributed by atoms with Crippen molar-refractivity contribution in [2.45, 2.75) is 38.3 Å². The first kappa shape index (κ1) is 21.2. The second-order valence-electron chi connectivity index (χ2n) is 7.90. The van der Waals surface area contributed by atoms with Gasteiger partial charge < -0.3 is 14.8 Å². The van der Waals surface area contributed by atoms with Crippen molar-refractivity contribution in [2.75, 3.05) is 37.0 Å². The predicted molar refractivity (Wildman–Crippen MR) is 120 cm³/mol. The molecule has 164 valence electrons. The molecule has 2 aliphatic heterocycles. The molecule has 2 saturated heterocycles. The largest absolute Gasteiger partial charge is 0.497 e. The van der Waals surface area contributed by atoms with E-state index in [2.05, 4.69) is 10.2 Å². The SMILES string of the molecule is CCOc1ccc(N2C(=O)CC(N3CCC(Nc4ccc(OC)cc4)CC3)C2=O)cc1. The van der Waals surface area contributed by atoms with E-state index in [4.69, 9.17) is 9.47 Å². The van der Waals surface area contributed by atoms with Crippen LogP contribution < -0.4 is 19.7 Å². The van der Waals surface area contributed by atoms with Crippen molar-refractivity contribution in [2.24, 2.45) is 0 Å². The van der Waals surface area contributed by atoms with E-state index in [-0.39, 0.29) is 24.3 Å². The molecular weight excluding hydrogens is 394 g/mol.